The molecule has 0 atom stereocenters. The highest BCUT2D eigenvalue weighted by Crippen LogP contribution is 2.32. The van der Waals surface area contributed by atoms with E-state index in [9.17, 15) is 0 Å². The monoisotopic (exact) mass is 361 g/mol. The van der Waals surface area contributed by atoms with E-state index < -0.39 is 0 Å². The van der Waals surface area contributed by atoms with Crippen molar-refractivity contribution in [1.29, 1.82) is 0 Å². The minimum atomic E-state index is 0.562. The number of hydrogen-bond acceptors (Lipinski definition) is 0. The summed E-state index contributed by atoms with van der Waals surface area (Å²) in [6, 6.07) is 35.1. The van der Waals surface area contributed by atoms with E-state index in [1.54, 1.807) is 0 Å². The minimum absolute atomic E-state index is 0.562. The quantitative estimate of drug-likeness (QED) is 0.312. The van der Waals surface area contributed by atoms with Crippen molar-refractivity contribution in [3.8, 4) is 16.8 Å². The van der Waals surface area contributed by atoms with E-state index in [-0.39, 0.29) is 0 Å². The van der Waals surface area contributed by atoms with Gasteiger partial charge in [-0.25, -0.2) is 0 Å². The molecule has 1 aromatic heterocycles. The molecule has 1 heterocycles. The van der Waals surface area contributed by atoms with Gasteiger partial charge < -0.3 is 4.57 Å². The average molecular weight is 361 g/mol. The van der Waals surface area contributed by atoms with Gasteiger partial charge in [-0.15, -0.1) is 0 Å². The molecule has 5 aromatic rings. The molecule has 1 heteroatoms. The lowest BCUT2D eigenvalue weighted by molar-refractivity contribution is 0.867. The van der Waals surface area contributed by atoms with E-state index in [0.29, 0.717) is 5.92 Å². The van der Waals surface area contributed by atoms with Crippen molar-refractivity contribution < 1.29 is 0 Å². The topological polar surface area (TPSA) is 4.93 Å². The molecule has 0 saturated carbocycles. The first-order valence-electron chi connectivity index (χ1n) is 9.91. The Balaban J connectivity index is 1.61. The van der Waals surface area contributed by atoms with Crippen molar-refractivity contribution >= 4 is 21.8 Å². The zero-order chi connectivity index (χ0) is 19.1. The Bertz CT molecular complexity index is 1200. The van der Waals surface area contributed by atoms with E-state index >= 15 is 0 Å². The highest BCUT2D eigenvalue weighted by atomic mass is 15.0. The highest BCUT2D eigenvalue weighted by molar-refractivity contribution is 6.09. The summed E-state index contributed by atoms with van der Waals surface area (Å²) in [6.07, 6.45) is 0. The number of nitrogens with zero attached hydrogens (tertiary/aromatic N) is 1. The van der Waals surface area contributed by atoms with Crippen molar-refractivity contribution in [1.82, 2.24) is 4.57 Å². The van der Waals surface area contributed by atoms with Crippen LogP contribution in [0.2, 0.25) is 0 Å². The molecule has 0 radical (unpaired) electrons. The molecule has 0 bridgehead atoms. The van der Waals surface area contributed by atoms with E-state index in [4.69, 9.17) is 0 Å². The van der Waals surface area contributed by atoms with E-state index in [1.165, 1.54) is 44.2 Å². The van der Waals surface area contributed by atoms with Crippen LogP contribution in [-0.4, -0.2) is 4.57 Å². The molecular formula is C27H23N. The first kappa shape index (κ1) is 16.8. The maximum atomic E-state index is 2.36. The van der Waals surface area contributed by atoms with Gasteiger partial charge in [0.15, 0.2) is 0 Å². The van der Waals surface area contributed by atoms with Crippen LogP contribution < -0.4 is 0 Å². The minimum Gasteiger partial charge on any atom is -0.309 e. The zero-order valence-corrected chi connectivity index (χ0v) is 16.3. The van der Waals surface area contributed by atoms with Gasteiger partial charge in [-0.05, 0) is 46.9 Å². The van der Waals surface area contributed by atoms with Crippen molar-refractivity contribution in [2.24, 2.45) is 0 Å². The smallest absolute Gasteiger partial charge is 0.0541 e. The van der Waals surface area contributed by atoms with Gasteiger partial charge in [-0.2, -0.15) is 0 Å². The molecule has 4 aromatic carbocycles. The summed E-state index contributed by atoms with van der Waals surface area (Å²) >= 11 is 0. The lowest BCUT2D eigenvalue weighted by Gasteiger charge is -2.10. The molecule has 5 rings (SSSR count). The Kier molecular flexibility index (Phi) is 4.02. The van der Waals surface area contributed by atoms with Crippen LogP contribution in [0, 0.1) is 0 Å². The predicted octanol–water partition coefficient (Wildman–Crippen LogP) is 7.57. The van der Waals surface area contributed by atoms with Crippen LogP contribution in [0.25, 0.3) is 38.6 Å². The molecular weight excluding hydrogens is 338 g/mol. The number of aromatic nitrogens is 1. The highest BCUT2D eigenvalue weighted by Gasteiger charge is 2.11. The van der Waals surface area contributed by atoms with E-state index in [1.807, 2.05) is 0 Å². The number of rotatable bonds is 3. The van der Waals surface area contributed by atoms with Crippen molar-refractivity contribution in [3.63, 3.8) is 0 Å². The third-order valence-corrected chi connectivity index (χ3v) is 5.62. The summed E-state index contributed by atoms with van der Waals surface area (Å²) in [5, 5.41) is 2.60. The molecule has 136 valence electrons. The van der Waals surface area contributed by atoms with E-state index in [2.05, 4.69) is 115 Å². The lowest BCUT2D eigenvalue weighted by atomic mass is 9.99. The molecule has 1 nitrogen and oxygen atoms in total. The van der Waals surface area contributed by atoms with Gasteiger partial charge in [0.1, 0.15) is 0 Å². The Hall–Kier alpha value is -3.32. The maximum absolute atomic E-state index is 2.36. The third kappa shape index (κ3) is 2.71. The van der Waals surface area contributed by atoms with Gasteiger partial charge in [0.25, 0.3) is 0 Å². The van der Waals surface area contributed by atoms with Gasteiger partial charge in [-0.1, -0.05) is 86.6 Å². The second-order valence-corrected chi connectivity index (χ2v) is 7.69. The molecule has 0 spiro atoms. The second kappa shape index (κ2) is 6.69. The molecule has 0 saturated heterocycles. The van der Waals surface area contributed by atoms with Crippen LogP contribution in [0.5, 0.6) is 0 Å². The zero-order valence-electron chi connectivity index (χ0n) is 16.3. The SMILES string of the molecule is CC(C)c1ccc(-c2ccc(-n3c4ccccc4c4ccccc43)cc2)cc1. The molecule has 28 heavy (non-hydrogen) atoms. The number of fused-ring (bicyclic) bond motifs is 3. The standard InChI is InChI=1S/C27H23N/c1-19(2)20-11-13-21(14-12-20)22-15-17-23(18-16-22)28-26-9-5-3-7-24(26)25-8-4-6-10-27(25)28/h3-19H,1-2H3. The summed E-state index contributed by atoms with van der Waals surface area (Å²) in [5.41, 5.74) is 7.58. The first-order chi connectivity index (χ1) is 13.7. The van der Waals surface area contributed by atoms with Crippen molar-refractivity contribution in [3.05, 3.63) is 103 Å². The van der Waals surface area contributed by atoms with Crippen LogP contribution in [-0.2, 0) is 0 Å². The normalized spacial score (nSPS) is 11.5. The fourth-order valence-electron chi connectivity index (χ4n) is 4.06. The fraction of sp³-hybridized carbons (Fsp3) is 0.111. The Morgan fingerprint density at radius 2 is 1.00 bits per heavy atom. The fourth-order valence-corrected chi connectivity index (χ4v) is 4.06. The summed E-state index contributed by atoms with van der Waals surface area (Å²) in [7, 11) is 0. The summed E-state index contributed by atoms with van der Waals surface area (Å²) < 4.78 is 2.36. The van der Waals surface area contributed by atoms with Gasteiger partial charge >= 0.3 is 0 Å². The molecule has 0 N–H and O–H groups in total. The van der Waals surface area contributed by atoms with Crippen LogP contribution >= 0.6 is 0 Å². The Labute approximate surface area is 165 Å². The van der Waals surface area contributed by atoms with Crippen LogP contribution in [0.15, 0.2) is 97.1 Å². The van der Waals surface area contributed by atoms with Crippen LogP contribution in [0.1, 0.15) is 25.3 Å². The van der Waals surface area contributed by atoms with Crippen LogP contribution in [0.4, 0.5) is 0 Å². The molecule has 0 aliphatic heterocycles. The molecule has 0 aliphatic carbocycles. The van der Waals surface area contributed by atoms with Crippen molar-refractivity contribution in [2.75, 3.05) is 0 Å². The van der Waals surface area contributed by atoms with Gasteiger partial charge in [0.05, 0.1) is 11.0 Å². The maximum Gasteiger partial charge on any atom is 0.0541 e. The lowest BCUT2D eigenvalue weighted by Crippen LogP contribution is -1.93. The van der Waals surface area contributed by atoms with E-state index in [0.717, 1.165) is 0 Å². The second-order valence-electron chi connectivity index (χ2n) is 7.69. The number of benzene rings is 4. The largest absolute Gasteiger partial charge is 0.309 e. The van der Waals surface area contributed by atoms with Crippen molar-refractivity contribution in [2.45, 2.75) is 19.8 Å². The number of para-hydroxylation sites is 2. The summed E-state index contributed by atoms with van der Waals surface area (Å²) in [4.78, 5) is 0. The molecule has 0 aliphatic rings. The summed E-state index contributed by atoms with van der Waals surface area (Å²) in [6.45, 7) is 4.46. The number of hydrogen-bond donors (Lipinski definition) is 0. The van der Waals surface area contributed by atoms with Gasteiger partial charge in [0, 0.05) is 16.5 Å². The van der Waals surface area contributed by atoms with Gasteiger partial charge in [-0.3, -0.25) is 0 Å². The summed E-state index contributed by atoms with van der Waals surface area (Å²) in [5.74, 6) is 0.562. The molecule has 0 fully saturated rings. The third-order valence-electron chi connectivity index (χ3n) is 5.62. The Morgan fingerprint density at radius 3 is 1.50 bits per heavy atom. The molecule has 0 amide bonds. The molecule has 0 unspecified atom stereocenters. The predicted molar refractivity (Wildman–Crippen MR) is 120 cm³/mol. The Morgan fingerprint density at radius 1 is 0.536 bits per heavy atom. The first-order valence-corrected chi connectivity index (χ1v) is 9.91. The van der Waals surface area contributed by atoms with Gasteiger partial charge in [0.2, 0.25) is 0 Å². The van der Waals surface area contributed by atoms with Crippen LogP contribution in [0.3, 0.4) is 0 Å². The average Bonchev–Trinajstić information content (AvgIpc) is 3.08.